The first-order valence-corrected chi connectivity index (χ1v) is 5.43. The van der Waals surface area contributed by atoms with Crippen LogP contribution in [0.5, 0.6) is 0 Å². The van der Waals surface area contributed by atoms with Gasteiger partial charge in [0.1, 0.15) is 6.33 Å². The van der Waals surface area contributed by atoms with Crippen molar-refractivity contribution in [3.63, 3.8) is 0 Å². The number of aryl methyl sites for hydroxylation is 1. The van der Waals surface area contributed by atoms with E-state index in [4.69, 9.17) is 5.11 Å². The van der Waals surface area contributed by atoms with Crippen molar-refractivity contribution in [2.24, 2.45) is 17.8 Å². The first kappa shape index (κ1) is 9.72. The van der Waals surface area contributed by atoms with Crippen LogP contribution in [0.2, 0.25) is 0 Å². The molecule has 1 aliphatic heterocycles. The molecule has 3 rings (SSSR count). The smallest absolute Gasteiger partial charge is 0.307 e. The van der Waals surface area contributed by atoms with Crippen molar-refractivity contribution in [1.82, 2.24) is 15.3 Å². The van der Waals surface area contributed by atoms with Crippen LogP contribution in [-0.4, -0.2) is 27.6 Å². The minimum absolute atomic E-state index is 0.0906. The zero-order chi connectivity index (χ0) is 11.3. The Bertz CT molecular complexity index is 449. The molecule has 0 bridgehead atoms. The number of aliphatic carboxylic acids is 1. The van der Waals surface area contributed by atoms with Gasteiger partial charge < -0.3 is 10.4 Å². The second-order valence-electron chi connectivity index (χ2n) is 4.58. The summed E-state index contributed by atoms with van der Waals surface area (Å²) in [5.41, 5.74) is 1.84. The van der Waals surface area contributed by atoms with Crippen LogP contribution < -0.4 is 5.32 Å². The highest BCUT2D eigenvalue weighted by Crippen LogP contribution is 2.56. The minimum atomic E-state index is -0.674. The van der Waals surface area contributed by atoms with E-state index in [-0.39, 0.29) is 23.8 Å². The van der Waals surface area contributed by atoms with E-state index >= 15 is 0 Å². The Labute approximate surface area is 92.9 Å². The number of carbonyl (C=O) groups is 1. The number of fused-ring (bicyclic) bond motifs is 1. The van der Waals surface area contributed by atoms with Gasteiger partial charge in [-0.3, -0.25) is 4.79 Å². The molecule has 0 amide bonds. The molecule has 2 N–H and O–H groups in total. The van der Waals surface area contributed by atoms with Crippen LogP contribution in [-0.2, 0) is 4.79 Å². The number of carboxylic acids is 1. The van der Waals surface area contributed by atoms with Crippen LogP contribution in [0.25, 0.3) is 0 Å². The topological polar surface area (TPSA) is 75.1 Å². The Kier molecular flexibility index (Phi) is 1.97. The van der Waals surface area contributed by atoms with Gasteiger partial charge >= 0.3 is 5.97 Å². The second kappa shape index (κ2) is 3.25. The summed E-state index contributed by atoms with van der Waals surface area (Å²) in [5.74, 6) is -0.349. The third-order valence-electron chi connectivity index (χ3n) is 3.62. The van der Waals surface area contributed by atoms with Gasteiger partial charge in [0.2, 0.25) is 0 Å². The molecule has 4 atom stereocenters. The number of rotatable bonds is 2. The van der Waals surface area contributed by atoms with Gasteiger partial charge in [-0.25, -0.2) is 9.97 Å². The molecule has 2 aliphatic rings. The van der Waals surface area contributed by atoms with Crippen LogP contribution in [0.1, 0.15) is 17.4 Å². The second-order valence-corrected chi connectivity index (χ2v) is 4.58. The molecule has 5 nitrogen and oxygen atoms in total. The predicted molar refractivity (Wildman–Crippen MR) is 55.6 cm³/mol. The third kappa shape index (κ3) is 1.31. The number of aromatic nitrogens is 2. The summed E-state index contributed by atoms with van der Waals surface area (Å²) in [4.78, 5) is 19.2. The van der Waals surface area contributed by atoms with Crippen molar-refractivity contribution in [1.29, 1.82) is 0 Å². The van der Waals surface area contributed by atoms with Gasteiger partial charge in [0.25, 0.3) is 0 Å². The third-order valence-corrected chi connectivity index (χ3v) is 3.62. The van der Waals surface area contributed by atoms with Gasteiger partial charge in [-0.1, -0.05) is 0 Å². The van der Waals surface area contributed by atoms with E-state index in [0.29, 0.717) is 0 Å². The van der Waals surface area contributed by atoms with Crippen molar-refractivity contribution in [2.75, 3.05) is 6.54 Å². The lowest BCUT2D eigenvalue weighted by molar-refractivity contribution is -0.139. The van der Waals surface area contributed by atoms with Crippen molar-refractivity contribution in [2.45, 2.75) is 13.0 Å². The average Bonchev–Trinajstić information content (AvgIpc) is 2.81. The van der Waals surface area contributed by atoms with Crippen LogP contribution in [0, 0.1) is 24.7 Å². The summed E-state index contributed by atoms with van der Waals surface area (Å²) in [6, 6.07) is 2.02. The summed E-state index contributed by atoms with van der Waals surface area (Å²) in [6.07, 6.45) is 1.54. The lowest BCUT2D eigenvalue weighted by Gasteiger charge is -2.14. The fourth-order valence-electron chi connectivity index (χ4n) is 2.81. The standard InChI is InChI=1S/C11H13N3O2/c1-5-2-7(14-4-13-5)10-8-6(3-12-10)9(8)11(15)16/h2,4,6,8-10,12H,3H2,1H3,(H,15,16). The maximum absolute atomic E-state index is 11.0. The van der Waals surface area contributed by atoms with Gasteiger partial charge in [0.05, 0.1) is 17.7 Å². The molecule has 2 fully saturated rings. The average molecular weight is 219 g/mol. The van der Waals surface area contributed by atoms with Gasteiger partial charge in [0.15, 0.2) is 0 Å². The Morgan fingerprint density at radius 3 is 3.00 bits per heavy atom. The fourth-order valence-corrected chi connectivity index (χ4v) is 2.81. The molecular weight excluding hydrogens is 206 g/mol. The molecule has 2 heterocycles. The van der Waals surface area contributed by atoms with Crippen LogP contribution in [0.3, 0.4) is 0 Å². The Hall–Kier alpha value is -1.49. The quantitative estimate of drug-likeness (QED) is 0.752. The molecule has 0 radical (unpaired) electrons. The van der Waals surface area contributed by atoms with E-state index in [2.05, 4.69) is 15.3 Å². The van der Waals surface area contributed by atoms with Gasteiger partial charge in [-0.2, -0.15) is 0 Å². The number of hydrogen-bond acceptors (Lipinski definition) is 4. The van der Waals surface area contributed by atoms with Gasteiger partial charge in [-0.05, 0) is 31.4 Å². The van der Waals surface area contributed by atoms with Crippen LogP contribution in [0.15, 0.2) is 12.4 Å². The SMILES string of the molecule is Cc1cc(C2NCC3C(C(=O)O)C23)ncn1. The number of nitrogens with zero attached hydrogens (tertiary/aromatic N) is 2. The molecule has 1 saturated heterocycles. The lowest BCUT2D eigenvalue weighted by atomic mass is 10.1. The number of piperidine rings is 1. The number of nitrogens with one attached hydrogen (secondary N) is 1. The molecule has 84 valence electrons. The number of carboxylic acid groups (broad SMARTS) is 1. The highest BCUT2D eigenvalue weighted by molar-refractivity contribution is 5.75. The molecule has 0 spiro atoms. The zero-order valence-corrected chi connectivity index (χ0v) is 8.92. The van der Waals surface area contributed by atoms with Gasteiger partial charge in [0, 0.05) is 5.69 Å². The lowest BCUT2D eigenvalue weighted by Crippen LogP contribution is -2.24. The monoisotopic (exact) mass is 219 g/mol. The highest BCUT2D eigenvalue weighted by atomic mass is 16.4. The van der Waals surface area contributed by atoms with E-state index in [0.717, 1.165) is 17.9 Å². The molecular formula is C11H13N3O2. The highest BCUT2D eigenvalue weighted by Gasteiger charge is 2.62. The summed E-state index contributed by atoms with van der Waals surface area (Å²) in [5, 5.41) is 12.3. The molecule has 1 aliphatic carbocycles. The van der Waals surface area contributed by atoms with Crippen molar-refractivity contribution in [3.8, 4) is 0 Å². The normalized spacial score (nSPS) is 35.8. The van der Waals surface area contributed by atoms with E-state index < -0.39 is 5.97 Å². The summed E-state index contributed by atoms with van der Waals surface area (Å²) >= 11 is 0. The van der Waals surface area contributed by atoms with Crippen molar-refractivity contribution in [3.05, 3.63) is 23.8 Å². The summed E-state index contributed by atoms with van der Waals surface area (Å²) in [7, 11) is 0. The van der Waals surface area contributed by atoms with E-state index in [9.17, 15) is 4.79 Å². The summed E-state index contributed by atoms with van der Waals surface area (Å²) < 4.78 is 0. The largest absolute Gasteiger partial charge is 0.481 e. The fraction of sp³-hybridized carbons (Fsp3) is 0.545. The van der Waals surface area contributed by atoms with Crippen LogP contribution >= 0.6 is 0 Å². The molecule has 1 aromatic heterocycles. The molecule has 5 heteroatoms. The van der Waals surface area contributed by atoms with Crippen LogP contribution in [0.4, 0.5) is 0 Å². The molecule has 0 aromatic carbocycles. The van der Waals surface area contributed by atoms with E-state index in [1.54, 1.807) is 0 Å². The Balaban J connectivity index is 1.85. The molecule has 1 aromatic rings. The first-order valence-electron chi connectivity index (χ1n) is 5.43. The molecule has 16 heavy (non-hydrogen) atoms. The van der Waals surface area contributed by atoms with Gasteiger partial charge in [-0.15, -0.1) is 0 Å². The minimum Gasteiger partial charge on any atom is -0.481 e. The first-order chi connectivity index (χ1) is 7.68. The predicted octanol–water partition coefficient (Wildman–Crippen LogP) is 0.376. The Morgan fingerprint density at radius 1 is 1.56 bits per heavy atom. The maximum Gasteiger partial charge on any atom is 0.307 e. The van der Waals surface area contributed by atoms with Crippen molar-refractivity contribution >= 4 is 5.97 Å². The molecule has 1 saturated carbocycles. The van der Waals surface area contributed by atoms with Crippen molar-refractivity contribution < 1.29 is 9.90 Å². The van der Waals surface area contributed by atoms with E-state index in [1.165, 1.54) is 6.33 Å². The Morgan fingerprint density at radius 2 is 2.38 bits per heavy atom. The molecule has 4 unspecified atom stereocenters. The zero-order valence-electron chi connectivity index (χ0n) is 8.92. The summed E-state index contributed by atoms with van der Waals surface area (Å²) in [6.45, 7) is 2.70. The number of hydrogen-bond donors (Lipinski definition) is 2. The maximum atomic E-state index is 11.0. The van der Waals surface area contributed by atoms with E-state index in [1.807, 2.05) is 13.0 Å².